The molecule has 4 heterocycles. The van der Waals surface area contributed by atoms with Gasteiger partial charge in [0.15, 0.2) is 0 Å². The van der Waals surface area contributed by atoms with Crippen molar-refractivity contribution in [3.05, 3.63) is 45.4 Å². The third kappa shape index (κ3) is 3.57. The first kappa shape index (κ1) is 18.1. The van der Waals surface area contributed by atoms with Gasteiger partial charge in [-0.1, -0.05) is 0 Å². The summed E-state index contributed by atoms with van der Waals surface area (Å²) in [4.78, 5) is 41.9. The standard InChI is InChI=1S/C18H22N8O2/c1-10-8-12(3)26-18(20-10)23-15(24-26)16(28)21-13-4-6-25(7-5-13)17-19-11(2)9-14(27)22-17/h8-9,13H,4-7H2,1-3H3,(H,21,28)(H,19,22,27). The summed E-state index contributed by atoms with van der Waals surface area (Å²) in [7, 11) is 0. The Labute approximate surface area is 161 Å². The maximum atomic E-state index is 12.6. The maximum absolute atomic E-state index is 12.6. The fourth-order valence-electron chi connectivity index (χ4n) is 3.46. The summed E-state index contributed by atoms with van der Waals surface area (Å²) in [6.07, 6.45) is 1.49. The van der Waals surface area contributed by atoms with Gasteiger partial charge in [-0.25, -0.2) is 14.5 Å². The van der Waals surface area contributed by atoms with E-state index in [2.05, 4.69) is 30.4 Å². The number of carbonyl (C=O) groups excluding carboxylic acids is 1. The number of nitrogens with zero attached hydrogens (tertiary/aromatic N) is 6. The number of aryl methyl sites for hydroxylation is 3. The number of aromatic amines is 1. The number of anilines is 1. The summed E-state index contributed by atoms with van der Waals surface area (Å²) >= 11 is 0. The molecule has 2 N–H and O–H groups in total. The molecular weight excluding hydrogens is 360 g/mol. The van der Waals surface area contributed by atoms with Crippen LogP contribution >= 0.6 is 0 Å². The summed E-state index contributed by atoms with van der Waals surface area (Å²) in [5.41, 5.74) is 2.24. The van der Waals surface area contributed by atoms with Crippen LogP contribution in [0.2, 0.25) is 0 Å². The molecule has 10 nitrogen and oxygen atoms in total. The average Bonchev–Trinajstić information content (AvgIpc) is 3.06. The van der Waals surface area contributed by atoms with Crippen LogP contribution in [0.5, 0.6) is 0 Å². The third-order valence-corrected chi connectivity index (χ3v) is 4.81. The van der Waals surface area contributed by atoms with Crippen molar-refractivity contribution in [3.8, 4) is 0 Å². The van der Waals surface area contributed by atoms with Crippen molar-refractivity contribution in [3.63, 3.8) is 0 Å². The highest BCUT2D eigenvalue weighted by Gasteiger charge is 2.24. The summed E-state index contributed by atoms with van der Waals surface area (Å²) < 4.78 is 1.57. The number of aromatic nitrogens is 6. The highest BCUT2D eigenvalue weighted by Crippen LogP contribution is 2.16. The van der Waals surface area contributed by atoms with E-state index in [1.165, 1.54) is 6.07 Å². The quantitative estimate of drug-likeness (QED) is 0.678. The first-order chi connectivity index (χ1) is 13.4. The number of hydrogen-bond donors (Lipinski definition) is 2. The maximum Gasteiger partial charge on any atom is 0.291 e. The van der Waals surface area contributed by atoms with Gasteiger partial charge in [-0.15, -0.1) is 5.10 Å². The van der Waals surface area contributed by atoms with Crippen molar-refractivity contribution in [2.45, 2.75) is 39.7 Å². The van der Waals surface area contributed by atoms with Crippen molar-refractivity contribution in [2.75, 3.05) is 18.0 Å². The number of rotatable bonds is 3. The summed E-state index contributed by atoms with van der Waals surface area (Å²) in [6, 6.07) is 3.38. The Kier molecular flexibility index (Phi) is 4.54. The smallest absolute Gasteiger partial charge is 0.291 e. The van der Waals surface area contributed by atoms with Crippen LogP contribution in [0.15, 0.2) is 16.9 Å². The number of carbonyl (C=O) groups is 1. The van der Waals surface area contributed by atoms with E-state index in [-0.39, 0.29) is 23.3 Å². The molecule has 0 unspecified atom stereocenters. The lowest BCUT2D eigenvalue weighted by Gasteiger charge is -2.32. The van der Waals surface area contributed by atoms with Gasteiger partial charge in [0.05, 0.1) is 0 Å². The Balaban J connectivity index is 1.41. The van der Waals surface area contributed by atoms with Crippen molar-refractivity contribution in [1.29, 1.82) is 0 Å². The Hall–Kier alpha value is -3.30. The number of nitrogens with one attached hydrogen (secondary N) is 2. The molecule has 0 aliphatic carbocycles. The van der Waals surface area contributed by atoms with Crippen LogP contribution in [0.25, 0.3) is 5.78 Å². The molecule has 0 bridgehead atoms. The van der Waals surface area contributed by atoms with Crippen LogP contribution in [-0.4, -0.2) is 54.6 Å². The van der Waals surface area contributed by atoms with Gasteiger partial charge in [-0.05, 0) is 39.7 Å². The van der Waals surface area contributed by atoms with Crippen LogP contribution in [0, 0.1) is 20.8 Å². The zero-order valence-corrected chi connectivity index (χ0v) is 16.1. The van der Waals surface area contributed by atoms with Crippen LogP contribution in [0.1, 0.15) is 40.5 Å². The predicted octanol–water partition coefficient (Wildman–Crippen LogP) is 0.532. The van der Waals surface area contributed by atoms with Crippen LogP contribution < -0.4 is 15.8 Å². The molecule has 28 heavy (non-hydrogen) atoms. The minimum atomic E-state index is -0.303. The SMILES string of the molecule is Cc1cc(=O)[nH]c(N2CCC(NC(=O)c3nc4nc(C)cc(C)n4n3)CC2)n1. The van der Waals surface area contributed by atoms with Crippen LogP contribution in [0.3, 0.4) is 0 Å². The molecule has 1 aliphatic rings. The fourth-order valence-corrected chi connectivity index (χ4v) is 3.46. The van der Waals surface area contributed by atoms with Crippen molar-refractivity contribution >= 4 is 17.6 Å². The Morgan fingerprint density at radius 1 is 1.11 bits per heavy atom. The van der Waals surface area contributed by atoms with Gasteiger partial charge >= 0.3 is 0 Å². The first-order valence-electron chi connectivity index (χ1n) is 9.24. The molecule has 146 valence electrons. The van der Waals surface area contributed by atoms with Gasteiger partial charge in [-0.3, -0.25) is 14.6 Å². The molecule has 1 aliphatic heterocycles. The van der Waals surface area contributed by atoms with Crippen LogP contribution in [-0.2, 0) is 0 Å². The van der Waals surface area contributed by atoms with Gasteiger partial charge in [0.2, 0.25) is 11.8 Å². The largest absolute Gasteiger partial charge is 0.346 e. The lowest BCUT2D eigenvalue weighted by atomic mass is 10.1. The molecule has 0 spiro atoms. The van der Waals surface area contributed by atoms with Crippen LogP contribution in [0.4, 0.5) is 5.95 Å². The lowest BCUT2D eigenvalue weighted by molar-refractivity contribution is 0.0920. The monoisotopic (exact) mass is 382 g/mol. The van der Waals surface area contributed by atoms with E-state index in [4.69, 9.17) is 0 Å². The number of fused-ring (bicyclic) bond motifs is 1. The summed E-state index contributed by atoms with van der Waals surface area (Å²) in [5.74, 6) is 0.817. The Morgan fingerprint density at radius 3 is 2.54 bits per heavy atom. The molecule has 1 saturated heterocycles. The van der Waals surface area contributed by atoms with Gasteiger partial charge in [0, 0.05) is 42.3 Å². The Bertz CT molecular complexity index is 1090. The van der Waals surface area contributed by atoms with E-state index >= 15 is 0 Å². The molecule has 0 saturated carbocycles. The van der Waals surface area contributed by atoms with Gasteiger partial charge in [0.25, 0.3) is 17.2 Å². The normalized spacial score (nSPS) is 15.2. The van der Waals surface area contributed by atoms with Gasteiger partial charge in [-0.2, -0.15) is 4.98 Å². The second-order valence-electron chi connectivity index (χ2n) is 7.13. The van der Waals surface area contributed by atoms with Crippen molar-refractivity contribution in [1.82, 2.24) is 34.9 Å². The zero-order valence-electron chi connectivity index (χ0n) is 16.1. The topological polar surface area (TPSA) is 121 Å². The second kappa shape index (κ2) is 7.02. The number of piperidine rings is 1. The molecule has 3 aromatic heterocycles. The van der Waals surface area contributed by atoms with E-state index in [1.54, 1.807) is 11.4 Å². The van der Waals surface area contributed by atoms with E-state index in [1.807, 2.05) is 24.8 Å². The first-order valence-corrected chi connectivity index (χ1v) is 9.24. The summed E-state index contributed by atoms with van der Waals surface area (Å²) in [5, 5.41) is 7.27. The molecule has 3 aromatic rings. The highest BCUT2D eigenvalue weighted by molar-refractivity contribution is 5.91. The fraction of sp³-hybridized carbons (Fsp3) is 0.444. The molecule has 0 aromatic carbocycles. The zero-order chi connectivity index (χ0) is 19.8. The van der Waals surface area contributed by atoms with E-state index in [9.17, 15) is 9.59 Å². The minimum Gasteiger partial charge on any atom is -0.346 e. The second-order valence-corrected chi connectivity index (χ2v) is 7.13. The molecule has 4 rings (SSSR count). The van der Waals surface area contributed by atoms with Gasteiger partial charge in [0.1, 0.15) is 0 Å². The van der Waals surface area contributed by atoms with Gasteiger partial charge < -0.3 is 10.2 Å². The molecule has 1 amide bonds. The van der Waals surface area contributed by atoms with E-state index in [0.717, 1.165) is 24.2 Å². The molecule has 0 radical (unpaired) electrons. The number of H-pyrrole nitrogens is 1. The third-order valence-electron chi connectivity index (χ3n) is 4.81. The van der Waals surface area contributed by atoms with Crippen molar-refractivity contribution < 1.29 is 4.79 Å². The summed E-state index contributed by atoms with van der Waals surface area (Å²) in [6.45, 7) is 6.96. The van der Waals surface area contributed by atoms with E-state index < -0.39 is 0 Å². The number of amides is 1. The number of hydrogen-bond acceptors (Lipinski definition) is 7. The molecule has 10 heteroatoms. The lowest BCUT2D eigenvalue weighted by Crippen LogP contribution is -2.45. The van der Waals surface area contributed by atoms with Crippen molar-refractivity contribution in [2.24, 2.45) is 0 Å². The average molecular weight is 382 g/mol. The predicted molar refractivity (Wildman–Crippen MR) is 103 cm³/mol. The Morgan fingerprint density at radius 2 is 1.82 bits per heavy atom. The molecular formula is C18H22N8O2. The molecule has 0 atom stereocenters. The minimum absolute atomic E-state index is 0.0164. The molecule has 1 fully saturated rings. The van der Waals surface area contributed by atoms with E-state index in [0.29, 0.717) is 30.5 Å². The highest BCUT2D eigenvalue weighted by atomic mass is 16.2.